The molecule has 0 amide bonds. The van der Waals surface area contributed by atoms with E-state index in [1.54, 1.807) is 6.33 Å². The number of para-hydroxylation sites is 1. The molecule has 2 heterocycles. The first-order chi connectivity index (χ1) is 10.8. The first-order valence-electron chi connectivity index (χ1n) is 7.26. The first-order valence-corrected chi connectivity index (χ1v) is 7.26. The molecule has 0 saturated heterocycles. The van der Waals surface area contributed by atoms with Gasteiger partial charge in [-0.1, -0.05) is 42.5 Å². The van der Waals surface area contributed by atoms with Gasteiger partial charge in [-0.25, -0.2) is 9.97 Å². The summed E-state index contributed by atoms with van der Waals surface area (Å²) >= 11 is 0. The molecule has 0 aliphatic rings. The lowest BCUT2D eigenvalue weighted by atomic mass is 10.1. The van der Waals surface area contributed by atoms with Gasteiger partial charge in [-0.15, -0.1) is 12.4 Å². The molecular formula is C18H16ClN3O. The van der Waals surface area contributed by atoms with Gasteiger partial charge in [-0.05, 0) is 24.6 Å². The Morgan fingerprint density at radius 2 is 1.70 bits per heavy atom. The second-order valence-corrected chi connectivity index (χ2v) is 5.27. The van der Waals surface area contributed by atoms with Crippen molar-refractivity contribution < 1.29 is 4.42 Å². The molecular weight excluding hydrogens is 310 g/mol. The molecule has 4 rings (SSSR count). The largest absolute Gasteiger partial charge is 0.450 e. The van der Waals surface area contributed by atoms with Gasteiger partial charge in [0.1, 0.15) is 17.4 Å². The molecule has 0 aliphatic heterocycles. The summed E-state index contributed by atoms with van der Waals surface area (Å²) < 4.78 is 5.93. The van der Waals surface area contributed by atoms with E-state index in [4.69, 9.17) is 4.42 Å². The molecule has 1 atom stereocenters. The van der Waals surface area contributed by atoms with Crippen LogP contribution >= 0.6 is 12.4 Å². The van der Waals surface area contributed by atoms with Crippen LogP contribution in [0.2, 0.25) is 0 Å². The molecule has 23 heavy (non-hydrogen) atoms. The lowest BCUT2D eigenvalue weighted by molar-refractivity contribution is 0.665. The van der Waals surface area contributed by atoms with Gasteiger partial charge in [-0.2, -0.15) is 0 Å². The summed E-state index contributed by atoms with van der Waals surface area (Å²) in [4.78, 5) is 8.72. The van der Waals surface area contributed by atoms with Crippen LogP contribution in [0.3, 0.4) is 0 Å². The lowest BCUT2D eigenvalue weighted by Crippen LogP contribution is -2.08. The number of halogens is 1. The zero-order chi connectivity index (χ0) is 14.9. The van der Waals surface area contributed by atoms with Gasteiger partial charge in [0.25, 0.3) is 0 Å². The van der Waals surface area contributed by atoms with Crippen molar-refractivity contribution in [3.63, 3.8) is 0 Å². The molecule has 0 aliphatic carbocycles. The van der Waals surface area contributed by atoms with Crippen LogP contribution in [0.1, 0.15) is 18.5 Å². The average molecular weight is 326 g/mol. The van der Waals surface area contributed by atoms with E-state index in [1.165, 1.54) is 5.56 Å². The van der Waals surface area contributed by atoms with E-state index in [0.29, 0.717) is 5.58 Å². The van der Waals surface area contributed by atoms with Crippen molar-refractivity contribution in [1.29, 1.82) is 0 Å². The number of benzene rings is 2. The van der Waals surface area contributed by atoms with Gasteiger partial charge in [0.15, 0.2) is 11.4 Å². The SMILES string of the molecule is CC(Nc1ncnc2c1oc1ccccc12)c1ccccc1.Cl. The maximum absolute atomic E-state index is 5.93. The van der Waals surface area contributed by atoms with Crippen molar-refractivity contribution in [2.24, 2.45) is 0 Å². The fourth-order valence-corrected chi connectivity index (χ4v) is 2.66. The number of rotatable bonds is 3. The summed E-state index contributed by atoms with van der Waals surface area (Å²) in [5.41, 5.74) is 3.57. The summed E-state index contributed by atoms with van der Waals surface area (Å²) in [5.74, 6) is 0.720. The van der Waals surface area contributed by atoms with E-state index in [0.717, 1.165) is 22.3 Å². The van der Waals surface area contributed by atoms with Gasteiger partial charge in [0, 0.05) is 5.39 Å². The monoisotopic (exact) mass is 325 g/mol. The third-order valence-corrected chi connectivity index (χ3v) is 3.81. The van der Waals surface area contributed by atoms with Gasteiger partial charge in [0.2, 0.25) is 0 Å². The quantitative estimate of drug-likeness (QED) is 0.577. The number of hydrogen-bond acceptors (Lipinski definition) is 4. The van der Waals surface area contributed by atoms with Gasteiger partial charge >= 0.3 is 0 Å². The van der Waals surface area contributed by atoms with Gasteiger partial charge in [0.05, 0.1) is 6.04 Å². The fourth-order valence-electron chi connectivity index (χ4n) is 2.66. The van der Waals surface area contributed by atoms with Crippen LogP contribution in [0.15, 0.2) is 65.3 Å². The van der Waals surface area contributed by atoms with Gasteiger partial charge < -0.3 is 9.73 Å². The lowest BCUT2D eigenvalue weighted by Gasteiger charge is -2.14. The number of hydrogen-bond donors (Lipinski definition) is 1. The number of furan rings is 1. The summed E-state index contributed by atoms with van der Waals surface area (Å²) in [6, 6.07) is 18.3. The fraction of sp³-hybridized carbons (Fsp3) is 0.111. The van der Waals surface area contributed by atoms with Gasteiger partial charge in [-0.3, -0.25) is 0 Å². The van der Waals surface area contributed by atoms with E-state index in [-0.39, 0.29) is 18.4 Å². The second-order valence-electron chi connectivity index (χ2n) is 5.27. The van der Waals surface area contributed by atoms with Crippen LogP contribution in [0.4, 0.5) is 5.82 Å². The molecule has 2 aromatic carbocycles. The Morgan fingerprint density at radius 3 is 2.52 bits per heavy atom. The van der Waals surface area contributed by atoms with Crippen LogP contribution in [0.5, 0.6) is 0 Å². The number of anilines is 1. The van der Waals surface area contributed by atoms with Crippen LogP contribution in [0, 0.1) is 0 Å². The minimum absolute atomic E-state index is 0. The molecule has 1 unspecified atom stereocenters. The molecule has 4 nitrogen and oxygen atoms in total. The van der Waals surface area contributed by atoms with E-state index < -0.39 is 0 Å². The third kappa shape index (κ3) is 2.73. The van der Waals surface area contributed by atoms with E-state index in [2.05, 4.69) is 34.3 Å². The summed E-state index contributed by atoms with van der Waals surface area (Å²) in [6.45, 7) is 2.10. The first kappa shape index (κ1) is 15.3. The molecule has 0 fully saturated rings. The Hall–Kier alpha value is -2.59. The van der Waals surface area contributed by atoms with Crippen molar-refractivity contribution in [3.8, 4) is 0 Å². The molecule has 2 aromatic heterocycles. The van der Waals surface area contributed by atoms with Crippen LogP contribution < -0.4 is 5.32 Å². The van der Waals surface area contributed by atoms with Crippen molar-refractivity contribution in [3.05, 3.63) is 66.5 Å². The van der Waals surface area contributed by atoms with Crippen molar-refractivity contribution in [2.45, 2.75) is 13.0 Å². The molecule has 5 heteroatoms. The molecule has 4 aromatic rings. The predicted molar refractivity (Wildman–Crippen MR) is 95.0 cm³/mol. The Balaban J connectivity index is 0.00000156. The van der Waals surface area contributed by atoms with Crippen molar-refractivity contribution >= 4 is 40.3 Å². The Morgan fingerprint density at radius 1 is 0.957 bits per heavy atom. The molecule has 0 bridgehead atoms. The Labute approximate surface area is 140 Å². The zero-order valence-corrected chi connectivity index (χ0v) is 13.4. The maximum atomic E-state index is 5.93. The minimum Gasteiger partial charge on any atom is -0.450 e. The third-order valence-electron chi connectivity index (χ3n) is 3.81. The zero-order valence-electron chi connectivity index (χ0n) is 12.6. The molecule has 116 valence electrons. The highest BCUT2D eigenvalue weighted by atomic mass is 35.5. The Kier molecular flexibility index (Phi) is 4.17. The summed E-state index contributed by atoms with van der Waals surface area (Å²) in [6.07, 6.45) is 1.57. The molecule has 0 saturated carbocycles. The van der Waals surface area contributed by atoms with Crippen molar-refractivity contribution in [2.75, 3.05) is 5.32 Å². The number of nitrogens with one attached hydrogen (secondary N) is 1. The minimum atomic E-state index is 0. The van der Waals surface area contributed by atoms with Crippen LogP contribution in [-0.2, 0) is 0 Å². The van der Waals surface area contributed by atoms with Crippen LogP contribution in [-0.4, -0.2) is 9.97 Å². The summed E-state index contributed by atoms with van der Waals surface area (Å²) in [5, 5.41) is 4.43. The predicted octanol–water partition coefficient (Wildman–Crippen LogP) is 4.97. The van der Waals surface area contributed by atoms with Crippen LogP contribution in [0.25, 0.3) is 22.1 Å². The second kappa shape index (κ2) is 6.26. The van der Waals surface area contributed by atoms with E-state index in [1.807, 2.05) is 42.5 Å². The smallest absolute Gasteiger partial charge is 0.196 e. The molecule has 0 radical (unpaired) electrons. The molecule has 0 spiro atoms. The number of aromatic nitrogens is 2. The number of nitrogens with zero attached hydrogens (tertiary/aromatic N) is 2. The molecule has 1 N–H and O–H groups in total. The highest BCUT2D eigenvalue weighted by molar-refractivity contribution is 6.05. The van der Waals surface area contributed by atoms with Crippen molar-refractivity contribution in [1.82, 2.24) is 9.97 Å². The van der Waals surface area contributed by atoms with E-state index >= 15 is 0 Å². The maximum Gasteiger partial charge on any atom is 0.196 e. The highest BCUT2D eigenvalue weighted by Crippen LogP contribution is 2.31. The highest BCUT2D eigenvalue weighted by Gasteiger charge is 2.14. The normalized spacial score (nSPS) is 12.0. The Bertz CT molecular complexity index is 937. The topological polar surface area (TPSA) is 51.0 Å². The summed E-state index contributed by atoms with van der Waals surface area (Å²) in [7, 11) is 0. The standard InChI is InChI=1S/C18H15N3O.ClH/c1-12(13-7-3-2-4-8-13)21-18-17-16(19-11-20-18)14-9-5-6-10-15(14)22-17;/h2-12H,1H3,(H,19,20,21);1H. The number of fused-ring (bicyclic) bond motifs is 3. The van der Waals surface area contributed by atoms with E-state index in [9.17, 15) is 0 Å². The average Bonchev–Trinajstić information content (AvgIpc) is 2.95.